The van der Waals surface area contributed by atoms with Gasteiger partial charge < -0.3 is 24.2 Å². The van der Waals surface area contributed by atoms with E-state index in [1.54, 1.807) is 24.3 Å². The molecule has 1 aromatic carbocycles. The quantitative estimate of drug-likeness (QED) is 0.321. The number of Topliss-reactive ketones (excluding diaryl/α,β-unsaturated/α-hetero) is 1. The van der Waals surface area contributed by atoms with E-state index in [4.69, 9.17) is 14.2 Å². The molecule has 3 aromatic rings. The van der Waals surface area contributed by atoms with Crippen molar-refractivity contribution in [2.45, 2.75) is 12.6 Å². The maximum absolute atomic E-state index is 13.2. The molecule has 1 fully saturated rings. The Labute approximate surface area is 194 Å². The molecule has 0 radical (unpaired) electrons. The molecule has 1 N–H and O–H groups in total. The van der Waals surface area contributed by atoms with Crippen molar-refractivity contribution in [1.29, 1.82) is 0 Å². The third-order valence-corrected chi connectivity index (χ3v) is 6.26. The number of benzene rings is 1. The van der Waals surface area contributed by atoms with E-state index >= 15 is 0 Å². The number of pyridine rings is 1. The highest BCUT2D eigenvalue weighted by molar-refractivity contribution is 7.09. The van der Waals surface area contributed by atoms with Gasteiger partial charge in [-0.15, -0.1) is 11.3 Å². The molecule has 9 heteroatoms. The molecule has 0 spiro atoms. The van der Waals surface area contributed by atoms with Crippen LogP contribution in [0.2, 0.25) is 0 Å². The van der Waals surface area contributed by atoms with Gasteiger partial charge >= 0.3 is 0 Å². The number of aromatic nitrogens is 1. The number of carbonyl (C=O) groups excluding carboxylic acids is 2. The van der Waals surface area contributed by atoms with Crippen LogP contribution < -0.4 is 14.2 Å². The van der Waals surface area contributed by atoms with Gasteiger partial charge in [-0.05, 0) is 41.3 Å². The lowest BCUT2D eigenvalue weighted by Crippen LogP contribution is -2.29. The zero-order chi connectivity index (χ0) is 23.5. The van der Waals surface area contributed by atoms with Gasteiger partial charge in [-0.1, -0.05) is 6.07 Å². The number of hydrogen-bond donors (Lipinski definition) is 1. The summed E-state index contributed by atoms with van der Waals surface area (Å²) in [7, 11) is 4.47. The van der Waals surface area contributed by atoms with Crippen molar-refractivity contribution in [2.75, 3.05) is 21.3 Å². The fraction of sp³-hybridized carbons (Fsp3) is 0.208. The van der Waals surface area contributed by atoms with Crippen molar-refractivity contribution >= 4 is 28.8 Å². The summed E-state index contributed by atoms with van der Waals surface area (Å²) in [6, 6.07) is 9.41. The van der Waals surface area contributed by atoms with Crippen LogP contribution in [0.15, 0.2) is 59.7 Å². The number of ketones is 1. The molecule has 1 saturated heterocycles. The van der Waals surface area contributed by atoms with Gasteiger partial charge in [0.25, 0.3) is 11.7 Å². The van der Waals surface area contributed by atoms with Gasteiger partial charge in [0.05, 0.1) is 39.5 Å². The maximum atomic E-state index is 13.2. The van der Waals surface area contributed by atoms with E-state index in [-0.39, 0.29) is 17.9 Å². The van der Waals surface area contributed by atoms with Crippen molar-refractivity contribution in [2.24, 2.45) is 0 Å². The lowest BCUT2D eigenvalue weighted by molar-refractivity contribution is -0.140. The predicted molar refractivity (Wildman–Crippen MR) is 123 cm³/mol. The second kappa shape index (κ2) is 9.33. The first-order valence-corrected chi connectivity index (χ1v) is 10.9. The van der Waals surface area contributed by atoms with Gasteiger partial charge in [-0.3, -0.25) is 14.6 Å². The van der Waals surface area contributed by atoms with E-state index in [1.807, 2.05) is 17.5 Å². The fourth-order valence-corrected chi connectivity index (χ4v) is 4.59. The van der Waals surface area contributed by atoms with Gasteiger partial charge in [0.1, 0.15) is 5.76 Å². The van der Waals surface area contributed by atoms with Gasteiger partial charge in [0, 0.05) is 22.8 Å². The molecule has 1 amide bonds. The minimum absolute atomic E-state index is 0.0166. The first-order chi connectivity index (χ1) is 16.0. The Balaban J connectivity index is 1.94. The SMILES string of the molecule is COc1cc(C2/C(=C(\O)c3ccncc3)C(=O)C(=O)N2Cc2cccs2)cc(OC)c1OC. The first-order valence-electron chi connectivity index (χ1n) is 10.0. The van der Waals surface area contributed by atoms with E-state index in [0.29, 0.717) is 28.4 Å². The van der Waals surface area contributed by atoms with E-state index in [2.05, 4.69) is 4.98 Å². The number of methoxy groups -OCH3 is 3. The highest BCUT2D eigenvalue weighted by atomic mass is 32.1. The zero-order valence-electron chi connectivity index (χ0n) is 18.3. The molecule has 1 aliphatic heterocycles. The largest absolute Gasteiger partial charge is 0.507 e. The number of thiophene rings is 1. The molecule has 8 nitrogen and oxygen atoms in total. The third kappa shape index (κ3) is 4.03. The van der Waals surface area contributed by atoms with Crippen molar-refractivity contribution in [3.63, 3.8) is 0 Å². The summed E-state index contributed by atoms with van der Waals surface area (Å²) in [5.74, 6) is -0.608. The van der Waals surface area contributed by atoms with E-state index in [1.165, 1.54) is 50.0 Å². The van der Waals surface area contributed by atoms with Crippen LogP contribution in [-0.2, 0) is 16.1 Å². The number of hydrogen-bond acceptors (Lipinski definition) is 8. The van der Waals surface area contributed by atoms with Gasteiger partial charge in [-0.25, -0.2) is 0 Å². The predicted octanol–water partition coefficient (Wildman–Crippen LogP) is 3.79. The molecule has 170 valence electrons. The Morgan fingerprint density at radius 2 is 1.73 bits per heavy atom. The average Bonchev–Trinajstić information content (AvgIpc) is 3.45. The second-order valence-electron chi connectivity index (χ2n) is 7.20. The minimum Gasteiger partial charge on any atom is -0.507 e. The van der Waals surface area contributed by atoms with Crippen molar-refractivity contribution in [3.8, 4) is 17.2 Å². The van der Waals surface area contributed by atoms with Crippen molar-refractivity contribution in [3.05, 3.63) is 75.7 Å². The van der Waals surface area contributed by atoms with E-state index in [0.717, 1.165) is 4.88 Å². The van der Waals surface area contributed by atoms with Crippen LogP contribution in [0.3, 0.4) is 0 Å². The second-order valence-corrected chi connectivity index (χ2v) is 8.23. The Morgan fingerprint density at radius 1 is 1.06 bits per heavy atom. The Morgan fingerprint density at radius 3 is 2.27 bits per heavy atom. The average molecular weight is 467 g/mol. The van der Waals surface area contributed by atoms with Crippen LogP contribution >= 0.6 is 11.3 Å². The number of aliphatic hydroxyl groups excluding tert-OH is 1. The number of rotatable bonds is 7. The summed E-state index contributed by atoms with van der Waals surface area (Å²) in [5.41, 5.74) is 0.907. The molecule has 2 aromatic heterocycles. The van der Waals surface area contributed by atoms with Crippen LogP contribution in [0.25, 0.3) is 5.76 Å². The first kappa shape index (κ1) is 22.3. The number of carbonyl (C=O) groups is 2. The van der Waals surface area contributed by atoms with Crippen molar-refractivity contribution < 1.29 is 28.9 Å². The maximum Gasteiger partial charge on any atom is 0.295 e. The van der Waals surface area contributed by atoms with E-state index < -0.39 is 17.7 Å². The summed E-state index contributed by atoms with van der Waals surface area (Å²) in [6.07, 6.45) is 3.01. The molecule has 0 saturated carbocycles. The zero-order valence-corrected chi connectivity index (χ0v) is 19.1. The van der Waals surface area contributed by atoms with Crippen molar-refractivity contribution in [1.82, 2.24) is 9.88 Å². The van der Waals surface area contributed by atoms with Crippen LogP contribution in [0.4, 0.5) is 0 Å². The summed E-state index contributed by atoms with van der Waals surface area (Å²) in [4.78, 5) is 32.6. The molecule has 3 heterocycles. The van der Waals surface area contributed by atoms with Gasteiger partial charge in [0.2, 0.25) is 5.75 Å². The summed E-state index contributed by atoms with van der Waals surface area (Å²) in [5, 5.41) is 13.0. The topological polar surface area (TPSA) is 98.2 Å². The van der Waals surface area contributed by atoms with Crippen LogP contribution in [0, 0.1) is 0 Å². The number of likely N-dealkylation sites (tertiary alicyclic amines) is 1. The molecule has 1 aliphatic rings. The smallest absolute Gasteiger partial charge is 0.295 e. The lowest BCUT2D eigenvalue weighted by atomic mass is 9.95. The summed E-state index contributed by atoms with van der Waals surface area (Å²) in [6.45, 7) is 0.205. The molecule has 4 rings (SSSR count). The third-order valence-electron chi connectivity index (χ3n) is 5.40. The molecule has 1 atom stereocenters. The Bertz CT molecular complexity index is 1180. The van der Waals surface area contributed by atoms with Gasteiger partial charge in [-0.2, -0.15) is 0 Å². The molecular weight excluding hydrogens is 444 g/mol. The fourth-order valence-electron chi connectivity index (χ4n) is 3.88. The Hall–Kier alpha value is -3.85. The Kier molecular flexibility index (Phi) is 6.32. The minimum atomic E-state index is -0.867. The highest BCUT2D eigenvalue weighted by Gasteiger charge is 2.46. The van der Waals surface area contributed by atoms with Crippen LogP contribution in [0.1, 0.15) is 22.0 Å². The molecule has 1 unspecified atom stereocenters. The van der Waals surface area contributed by atoms with Gasteiger partial charge in [0.15, 0.2) is 11.5 Å². The number of nitrogens with zero attached hydrogens (tertiary/aromatic N) is 2. The molecule has 0 bridgehead atoms. The number of ether oxygens (including phenoxy) is 3. The summed E-state index contributed by atoms with van der Waals surface area (Å²) >= 11 is 1.48. The molecular formula is C24H22N2O6S. The van der Waals surface area contributed by atoms with Crippen LogP contribution in [0.5, 0.6) is 17.2 Å². The standard InChI is InChI=1S/C24H22N2O6S/c1-30-17-11-15(12-18(31-2)23(17)32-3)20-19(21(27)14-6-8-25-9-7-14)22(28)24(29)26(20)13-16-5-4-10-33-16/h4-12,20,27H,13H2,1-3H3/b21-19+. The molecule has 33 heavy (non-hydrogen) atoms. The van der Waals surface area contributed by atoms with E-state index in [9.17, 15) is 14.7 Å². The molecule has 0 aliphatic carbocycles. The normalized spacial score (nSPS) is 17.3. The monoisotopic (exact) mass is 466 g/mol. The number of aliphatic hydroxyl groups is 1. The number of amides is 1. The van der Waals surface area contributed by atoms with Crippen LogP contribution in [-0.4, -0.2) is 48.0 Å². The highest BCUT2D eigenvalue weighted by Crippen LogP contribution is 2.46. The lowest BCUT2D eigenvalue weighted by Gasteiger charge is -2.26. The summed E-state index contributed by atoms with van der Waals surface area (Å²) < 4.78 is 16.4.